The lowest BCUT2D eigenvalue weighted by Gasteiger charge is -1.86. The molecule has 0 aromatic heterocycles. The summed E-state index contributed by atoms with van der Waals surface area (Å²) in [7, 11) is 0. The van der Waals surface area contributed by atoms with Gasteiger partial charge in [-0.05, 0) is 12.5 Å². The van der Waals surface area contributed by atoms with Crippen molar-refractivity contribution in [3.8, 4) is 0 Å². The van der Waals surface area contributed by atoms with Gasteiger partial charge in [0.2, 0.25) is 0 Å². The number of ether oxygens (including phenoxy) is 1. The van der Waals surface area contributed by atoms with Crippen LogP contribution in [0.1, 0.15) is 13.3 Å². The van der Waals surface area contributed by atoms with Crippen LogP contribution < -0.4 is 5.73 Å². The molecule has 0 aliphatic carbocycles. The molecule has 1 amide bonds. The van der Waals surface area contributed by atoms with Crippen LogP contribution in [0.3, 0.4) is 0 Å². The van der Waals surface area contributed by atoms with E-state index >= 15 is 0 Å². The molecule has 0 aromatic carbocycles. The molecule has 0 aromatic rings. The van der Waals surface area contributed by atoms with Gasteiger partial charge >= 0.3 is 6.09 Å². The fourth-order valence-electron chi connectivity index (χ4n) is 0.366. The van der Waals surface area contributed by atoms with Crippen LogP contribution in [0.2, 0.25) is 0 Å². The normalized spacial score (nSPS) is 10.9. The fraction of sp³-hybridized carbons (Fsp3) is 0.286. The largest absolute Gasteiger partial charge is 0.418 e. The van der Waals surface area contributed by atoms with E-state index in [1.165, 1.54) is 6.26 Å². The Morgan fingerprint density at radius 1 is 1.60 bits per heavy atom. The third-order valence-corrected chi connectivity index (χ3v) is 0.746. The van der Waals surface area contributed by atoms with Crippen LogP contribution in [0, 0.1) is 0 Å². The van der Waals surface area contributed by atoms with E-state index in [0.717, 1.165) is 6.42 Å². The minimum Gasteiger partial charge on any atom is -0.418 e. The van der Waals surface area contributed by atoms with Gasteiger partial charge in [-0.1, -0.05) is 19.1 Å². The first kappa shape index (κ1) is 8.75. The molecule has 3 heteroatoms. The van der Waals surface area contributed by atoms with Crippen molar-refractivity contribution >= 4 is 6.09 Å². The van der Waals surface area contributed by atoms with Gasteiger partial charge in [0.1, 0.15) is 0 Å². The van der Waals surface area contributed by atoms with Crippen LogP contribution in [0.5, 0.6) is 0 Å². The van der Waals surface area contributed by atoms with Crippen molar-refractivity contribution in [3.63, 3.8) is 0 Å². The first-order valence-corrected chi connectivity index (χ1v) is 3.05. The Labute approximate surface area is 60.2 Å². The van der Waals surface area contributed by atoms with Crippen molar-refractivity contribution in [3.05, 3.63) is 24.5 Å². The maximum atomic E-state index is 9.96. The molecule has 0 radical (unpaired) electrons. The average Bonchev–Trinajstić information content (AvgIpc) is 1.87. The summed E-state index contributed by atoms with van der Waals surface area (Å²) in [6, 6.07) is 0. The standard InChI is InChI=1S/C7H11NO2/c1-2-3-4-5-6-10-7(8)9/h3-6H,2H2,1H3,(H2,8,9). The smallest absolute Gasteiger partial charge is 0.409 e. The van der Waals surface area contributed by atoms with Crippen molar-refractivity contribution in [2.24, 2.45) is 5.73 Å². The Bertz CT molecular complexity index is 150. The summed E-state index contributed by atoms with van der Waals surface area (Å²) in [6.07, 6.45) is 6.73. The molecule has 0 saturated heterocycles. The minimum absolute atomic E-state index is 0.791. The van der Waals surface area contributed by atoms with Gasteiger partial charge < -0.3 is 10.5 Å². The predicted molar refractivity (Wildman–Crippen MR) is 39.2 cm³/mol. The number of hydrogen-bond donors (Lipinski definition) is 1. The van der Waals surface area contributed by atoms with Crippen LogP contribution >= 0.6 is 0 Å². The van der Waals surface area contributed by atoms with Crippen molar-refractivity contribution in [1.29, 1.82) is 0 Å². The van der Waals surface area contributed by atoms with Gasteiger partial charge in [-0.3, -0.25) is 0 Å². The average molecular weight is 141 g/mol. The maximum Gasteiger partial charge on any atom is 0.409 e. The zero-order chi connectivity index (χ0) is 7.82. The summed E-state index contributed by atoms with van der Waals surface area (Å²) in [5, 5.41) is 0. The summed E-state index contributed by atoms with van der Waals surface area (Å²) in [6.45, 7) is 2.01. The lowest BCUT2D eigenvalue weighted by molar-refractivity contribution is 0.196. The van der Waals surface area contributed by atoms with E-state index in [-0.39, 0.29) is 0 Å². The van der Waals surface area contributed by atoms with Crippen LogP contribution in [-0.4, -0.2) is 6.09 Å². The molecule has 10 heavy (non-hydrogen) atoms. The van der Waals surface area contributed by atoms with E-state index < -0.39 is 6.09 Å². The molecule has 0 fully saturated rings. The first-order chi connectivity index (χ1) is 4.77. The van der Waals surface area contributed by atoms with Crippen LogP contribution in [-0.2, 0) is 4.74 Å². The highest BCUT2D eigenvalue weighted by Crippen LogP contribution is 1.82. The van der Waals surface area contributed by atoms with Crippen LogP contribution in [0.25, 0.3) is 0 Å². The lowest BCUT2D eigenvalue weighted by Crippen LogP contribution is -2.08. The van der Waals surface area contributed by atoms with E-state index in [2.05, 4.69) is 10.5 Å². The molecule has 0 atom stereocenters. The van der Waals surface area contributed by atoms with E-state index in [0.29, 0.717) is 0 Å². The summed E-state index contributed by atoms with van der Waals surface area (Å²) in [5.41, 5.74) is 4.67. The summed E-state index contributed by atoms with van der Waals surface area (Å²) < 4.78 is 4.30. The summed E-state index contributed by atoms with van der Waals surface area (Å²) >= 11 is 0. The van der Waals surface area contributed by atoms with Crippen molar-refractivity contribution in [2.45, 2.75) is 13.3 Å². The molecule has 0 saturated carbocycles. The Kier molecular flexibility index (Phi) is 5.14. The van der Waals surface area contributed by atoms with Gasteiger partial charge in [0.15, 0.2) is 0 Å². The molecule has 0 aliphatic rings. The van der Waals surface area contributed by atoms with Gasteiger partial charge in [0.05, 0.1) is 6.26 Å². The molecule has 0 rings (SSSR count). The van der Waals surface area contributed by atoms with E-state index in [1.54, 1.807) is 12.2 Å². The maximum absolute atomic E-state index is 9.96. The molecule has 0 bridgehead atoms. The second-order valence-corrected chi connectivity index (χ2v) is 1.60. The third kappa shape index (κ3) is 6.75. The number of nitrogens with two attached hydrogens (primary N) is 1. The third-order valence-electron chi connectivity index (χ3n) is 0.746. The highest BCUT2D eigenvalue weighted by atomic mass is 16.5. The Hall–Kier alpha value is -1.25. The molecule has 0 aliphatic heterocycles. The topological polar surface area (TPSA) is 52.3 Å². The number of amides is 1. The molecule has 2 N–H and O–H groups in total. The summed E-state index contributed by atoms with van der Waals surface area (Å²) in [5.74, 6) is 0. The van der Waals surface area contributed by atoms with E-state index in [4.69, 9.17) is 0 Å². The van der Waals surface area contributed by atoms with Gasteiger partial charge in [0, 0.05) is 0 Å². The zero-order valence-corrected chi connectivity index (χ0v) is 5.91. The first-order valence-electron chi connectivity index (χ1n) is 3.05. The number of primary amides is 1. The monoisotopic (exact) mass is 141 g/mol. The van der Waals surface area contributed by atoms with Gasteiger partial charge in [-0.15, -0.1) is 0 Å². The highest BCUT2D eigenvalue weighted by molar-refractivity contribution is 5.65. The SMILES string of the molecule is CCC=CC=COC(N)=O. The number of allylic oxidation sites excluding steroid dienone is 3. The molecule has 56 valence electrons. The number of carbonyl (C=O) groups is 1. The molecule has 0 unspecified atom stereocenters. The minimum atomic E-state index is -0.791. The second-order valence-electron chi connectivity index (χ2n) is 1.60. The quantitative estimate of drug-likeness (QED) is 0.479. The Balaban J connectivity index is 3.37. The Morgan fingerprint density at radius 2 is 2.30 bits per heavy atom. The van der Waals surface area contributed by atoms with Crippen molar-refractivity contribution < 1.29 is 9.53 Å². The predicted octanol–water partition coefficient (Wildman–Crippen LogP) is 1.56. The van der Waals surface area contributed by atoms with Gasteiger partial charge in [-0.2, -0.15) is 0 Å². The molecule has 0 heterocycles. The summed E-state index contributed by atoms with van der Waals surface area (Å²) in [4.78, 5) is 9.96. The lowest BCUT2D eigenvalue weighted by atomic mass is 10.4. The van der Waals surface area contributed by atoms with E-state index in [1.807, 2.05) is 13.0 Å². The van der Waals surface area contributed by atoms with Gasteiger partial charge in [0.25, 0.3) is 0 Å². The van der Waals surface area contributed by atoms with Crippen molar-refractivity contribution in [2.75, 3.05) is 0 Å². The number of carbonyl (C=O) groups excluding carboxylic acids is 1. The molecular formula is C7H11NO2. The van der Waals surface area contributed by atoms with E-state index in [9.17, 15) is 4.79 Å². The fourth-order valence-corrected chi connectivity index (χ4v) is 0.366. The van der Waals surface area contributed by atoms with Gasteiger partial charge in [-0.25, -0.2) is 4.79 Å². The second kappa shape index (κ2) is 5.88. The zero-order valence-electron chi connectivity index (χ0n) is 5.91. The molecular weight excluding hydrogens is 130 g/mol. The van der Waals surface area contributed by atoms with Crippen LogP contribution in [0.4, 0.5) is 4.79 Å². The van der Waals surface area contributed by atoms with Crippen molar-refractivity contribution in [1.82, 2.24) is 0 Å². The molecule has 3 nitrogen and oxygen atoms in total. The number of rotatable bonds is 3. The Morgan fingerprint density at radius 3 is 2.80 bits per heavy atom. The highest BCUT2D eigenvalue weighted by Gasteiger charge is 1.82. The van der Waals surface area contributed by atoms with Crippen LogP contribution in [0.15, 0.2) is 24.5 Å². The number of hydrogen-bond acceptors (Lipinski definition) is 2. The molecule has 0 spiro atoms.